The molecule has 96 valence electrons. The van der Waals surface area contributed by atoms with E-state index in [4.69, 9.17) is 5.11 Å². The van der Waals surface area contributed by atoms with Crippen molar-refractivity contribution >= 4 is 15.8 Å². The van der Waals surface area contributed by atoms with Gasteiger partial charge in [0.05, 0.1) is 16.9 Å². The topological polar surface area (TPSA) is 71.4 Å². The van der Waals surface area contributed by atoms with Crippen molar-refractivity contribution in [3.8, 4) is 0 Å². The van der Waals surface area contributed by atoms with Gasteiger partial charge in [-0.1, -0.05) is 33.6 Å². The Hall–Kier alpha value is -0.580. The molecule has 0 bridgehead atoms. The molecule has 0 aliphatic rings. The van der Waals surface area contributed by atoms with Crippen molar-refractivity contribution < 1.29 is 18.3 Å². The number of aliphatic carboxylic acids is 1. The molecule has 0 saturated heterocycles. The second-order valence-electron chi connectivity index (χ2n) is 4.27. The van der Waals surface area contributed by atoms with Crippen molar-refractivity contribution in [1.29, 1.82) is 0 Å². The molecule has 0 aliphatic heterocycles. The van der Waals surface area contributed by atoms with Crippen LogP contribution in [0.1, 0.15) is 46.5 Å². The Labute approximate surface area is 98.0 Å². The number of hydrogen-bond acceptors (Lipinski definition) is 3. The van der Waals surface area contributed by atoms with Gasteiger partial charge in [-0.2, -0.15) is 0 Å². The standard InChI is InChI=1S/C11H22O4S/c1-4-6-10(7-5-2)16(14,15)8-9(3)11(12)13/h9-10H,4-8H2,1-3H3,(H,12,13). The van der Waals surface area contributed by atoms with Gasteiger partial charge in [-0.25, -0.2) is 8.42 Å². The Morgan fingerprint density at radius 1 is 1.19 bits per heavy atom. The summed E-state index contributed by atoms with van der Waals surface area (Å²) in [5.74, 6) is -2.11. The largest absolute Gasteiger partial charge is 0.481 e. The van der Waals surface area contributed by atoms with Gasteiger partial charge in [0.2, 0.25) is 0 Å². The fourth-order valence-corrected chi connectivity index (χ4v) is 4.00. The van der Waals surface area contributed by atoms with Gasteiger partial charge in [-0.05, 0) is 12.8 Å². The van der Waals surface area contributed by atoms with E-state index in [-0.39, 0.29) is 11.0 Å². The molecule has 1 unspecified atom stereocenters. The molecule has 16 heavy (non-hydrogen) atoms. The number of carbonyl (C=O) groups is 1. The van der Waals surface area contributed by atoms with Crippen LogP contribution >= 0.6 is 0 Å². The van der Waals surface area contributed by atoms with E-state index in [0.717, 1.165) is 12.8 Å². The molecule has 0 radical (unpaired) electrons. The third-order valence-electron chi connectivity index (χ3n) is 2.63. The van der Waals surface area contributed by atoms with Gasteiger partial charge < -0.3 is 5.11 Å². The van der Waals surface area contributed by atoms with Gasteiger partial charge in [0.15, 0.2) is 9.84 Å². The lowest BCUT2D eigenvalue weighted by molar-refractivity contribution is -0.140. The van der Waals surface area contributed by atoms with Crippen molar-refractivity contribution in [2.75, 3.05) is 5.75 Å². The van der Waals surface area contributed by atoms with E-state index in [2.05, 4.69) is 0 Å². The van der Waals surface area contributed by atoms with Crippen LogP contribution in [0.25, 0.3) is 0 Å². The lowest BCUT2D eigenvalue weighted by Gasteiger charge is -2.17. The van der Waals surface area contributed by atoms with Gasteiger partial charge in [0.25, 0.3) is 0 Å². The number of hydrogen-bond donors (Lipinski definition) is 1. The quantitative estimate of drug-likeness (QED) is 0.716. The highest BCUT2D eigenvalue weighted by molar-refractivity contribution is 7.92. The van der Waals surface area contributed by atoms with Crippen LogP contribution in [0.3, 0.4) is 0 Å². The van der Waals surface area contributed by atoms with E-state index >= 15 is 0 Å². The first-order valence-electron chi connectivity index (χ1n) is 5.79. The van der Waals surface area contributed by atoms with E-state index < -0.39 is 21.7 Å². The molecule has 1 N–H and O–H groups in total. The van der Waals surface area contributed by atoms with Crippen LogP contribution in [-0.4, -0.2) is 30.5 Å². The second kappa shape index (κ2) is 6.89. The van der Waals surface area contributed by atoms with Crippen molar-refractivity contribution in [2.24, 2.45) is 5.92 Å². The van der Waals surface area contributed by atoms with E-state index in [1.54, 1.807) is 0 Å². The van der Waals surface area contributed by atoms with E-state index in [1.165, 1.54) is 6.92 Å². The summed E-state index contributed by atoms with van der Waals surface area (Å²) in [5.41, 5.74) is 0. The molecule has 0 rings (SSSR count). The Balaban J connectivity index is 4.65. The maximum Gasteiger partial charge on any atom is 0.307 e. The predicted molar refractivity (Wildman–Crippen MR) is 64.2 cm³/mol. The summed E-state index contributed by atoms with van der Waals surface area (Å²) in [6, 6.07) is 0. The highest BCUT2D eigenvalue weighted by Gasteiger charge is 2.28. The van der Waals surface area contributed by atoms with Crippen molar-refractivity contribution in [1.82, 2.24) is 0 Å². The smallest absolute Gasteiger partial charge is 0.307 e. The average Bonchev–Trinajstić information content (AvgIpc) is 2.16. The Bertz CT molecular complexity index is 302. The molecule has 4 nitrogen and oxygen atoms in total. The summed E-state index contributed by atoms with van der Waals surface area (Å²) < 4.78 is 23.9. The van der Waals surface area contributed by atoms with Gasteiger partial charge in [0, 0.05) is 0 Å². The Morgan fingerprint density at radius 2 is 1.62 bits per heavy atom. The molecule has 0 aromatic heterocycles. The van der Waals surface area contributed by atoms with Crippen LogP contribution in [0.5, 0.6) is 0 Å². The maximum absolute atomic E-state index is 12.0. The normalized spacial score (nSPS) is 14.0. The molecule has 0 spiro atoms. The SMILES string of the molecule is CCCC(CCC)S(=O)(=O)CC(C)C(=O)O. The summed E-state index contributed by atoms with van der Waals surface area (Å²) in [6.07, 6.45) is 2.88. The summed E-state index contributed by atoms with van der Waals surface area (Å²) in [4.78, 5) is 10.7. The minimum Gasteiger partial charge on any atom is -0.481 e. The maximum atomic E-state index is 12.0. The van der Waals surface area contributed by atoms with Crippen LogP contribution in [0.15, 0.2) is 0 Å². The molecule has 0 fully saturated rings. The van der Waals surface area contributed by atoms with Gasteiger partial charge in [-0.3, -0.25) is 4.79 Å². The lowest BCUT2D eigenvalue weighted by Crippen LogP contribution is -2.29. The van der Waals surface area contributed by atoms with Gasteiger partial charge in [0.1, 0.15) is 0 Å². The molecular formula is C11H22O4S. The lowest BCUT2D eigenvalue weighted by atomic mass is 10.2. The minimum atomic E-state index is -3.27. The monoisotopic (exact) mass is 250 g/mol. The van der Waals surface area contributed by atoms with Crippen LogP contribution in [-0.2, 0) is 14.6 Å². The molecule has 0 amide bonds. The summed E-state index contributed by atoms with van der Waals surface area (Å²) in [6.45, 7) is 5.33. The van der Waals surface area contributed by atoms with Crippen LogP contribution < -0.4 is 0 Å². The third kappa shape index (κ3) is 4.96. The number of carboxylic acids is 1. The predicted octanol–water partition coefficient (Wildman–Crippen LogP) is 2.09. The molecule has 0 aliphatic carbocycles. The highest BCUT2D eigenvalue weighted by Crippen LogP contribution is 2.18. The van der Waals surface area contributed by atoms with Gasteiger partial charge >= 0.3 is 5.97 Å². The van der Waals surface area contributed by atoms with E-state index in [0.29, 0.717) is 12.8 Å². The third-order valence-corrected chi connectivity index (χ3v) is 5.08. The van der Waals surface area contributed by atoms with Crippen molar-refractivity contribution in [3.05, 3.63) is 0 Å². The fourth-order valence-electron chi connectivity index (χ4n) is 1.70. The molecule has 0 heterocycles. The first kappa shape index (κ1) is 15.4. The minimum absolute atomic E-state index is 0.243. The van der Waals surface area contributed by atoms with Crippen molar-refractivity contribution in [2.45, 2.75) is 51.7 Å². The first-order chi connectivity index (χ1) is 7.35. The molecule has 0 saturated carbocycles. The summed E-state index contributed by atoms with van der Waals surface area (Å²) in [7, 11) is -3.27. The Kier molecular flexibility index (Phi) is 6.64. The number of sulfone groups is 1. The van der Waals surface area contributed by atoms with Crippen LogP contribution in [0, 0.1) is 5.92 Å². The molecule has 5 heteroatoms. The average molecular weight is 250 g/mol. The molecule has 0 aromatic rings. The molecule has 1 atom stereocenters. The zero-order valence-electron chi connectivity index (χ0n) is 10.3. The van der Waals surface area contributed by atoms with Crippen LogP contribution in [0.4, 0.5) is 0 Å². The van der Waals surface area contributed by atoms with Gasteiger partial charge in [-0.15, -0.1) is 0 Å². The zero-order chi connectivity index (χ0) is 12.8. The summed E-state index contributed by atoms with van der Waals surface area (Å²) >= 11 is 0. The molecule has 0 aromatic carbocycles. The molecular weight excluding hydrogens is 228 g/mol. The first-order valence-corrected chi connectivity index (χ1v) is 7.51. The fraction of sp³-hybridized carbons (Fsp3) is 0.909. The number of carboxylic acid groups (broad SMARTS) is 1. The van der Waals surface area contributed by atoms with Crippen molar-refractivity contribution in [3.63, 3.8) is 0 Å². The highest BCUT2D eigenvalue weighted by atomic mass is 32.2. The Morgan fingerprint density at radius 3 is 1.94 bits per heavy atom. The van der Waals surface area contributed by atoms with E-state index in [1.807, 2.05) is 13.8 Å². The number of rotatable bonds is 8. The van der Waals surface area contributed by atoms with E-state index in [9.17, 15) is 13.2 Å². The second-order valence-corrected chi connectivity index (χ2v) is 6.59. The summed E-state index contributed by atoms with van der Waals surface area (Å²) in [5, 5.41) is 8.35. The van der Waals surface area contributed by atoms with Crippen LogP contribution in [0.2, 0.25) is 0 Å². The zero-order valence-corrected chi connectivity index (χ0v) is 11.1.